The van der Waals surface area contributed by atoms with Crippen LogP contribution >= 0.6 is 0 Å². The van der Waals surface area contributed by atoms with Crippen molar-refractivity contribution in [1.82, 2.24) is 24.5 Å². The summed E-state index contributed by atoms with van der Waals surface area (Å²) < 4.78 is 24.3. The molecule has 3 heterocycles. The molecule has 3 aromatic heterocycles. The van der Waals surface area contributed by atoms with Crippen LogP contribution in [0.15, 0.2) is 36.8 Å². The summed E-state index contributed by atoms with van der Waals surface area (Å²) in [5.74, 6) is -0.478. The number of carbonyl (C=O) groups excluding carboxylic acids is 1. The zero-order valence-corrected chi connectivity index (χ0v) is 20.6. The van der Waals surface area contributed by atoms with Gasteiger partial charge in [-0.2, -0.15) is 10.2 Å². The molecule has 0 amide bonds. The maximum atomic E-state index is 14.9. The van der Waals surface area contributed by atoms with Gasteiger partial charge in [-0.15, -0.1) is 0 Å². The minimum atomic E-state index is -1.19. The van der Waals surface area contributed by atoms with E-state index in [1.165, 1.54) is 6.07 Å². The van der Waals surface area contributed by atoms with Crippen LogP contribution in [0.4, 0.5) is 4.39 Å². The number of hydrogen-bond acceptors (Lipinski definition) is 5. The summed E-state index contributed by atoms with van der Waals surface area (Å²) in [6.45, 7) is 9.70. The van der Waals surface area contributed by atoms with E-state index in [0.29, 0.717) is 42.0 Å². The van der Waals surface area contributed by atoms with Crippen LogP contribution in [0.1, 0.15) is 15.9 Å². The first-order chi connectivity index (χ1) is 15.7. The second kappa shape index (κ2) is 8.99. The molecule has 0 radical (unpaired) electrons. The zero-order chi connectivity index (χ0) is 23.8. The summed E-state index contributed by atoms with van der Waals surface area (Å²) in [6.07, 6.45) is 5.99. The van der Waals surface area contributed by atoms with E-state index in [9.17, 15) is 9.18 Å². The van der Waals surface area contributed by atoms with Gasteiger partial charge in [0, 0.05) is 50.0 Å². The number of fused-ring (bicyclic) bond motifs is 1. The number of halogens is 1. The summed E-state index contributed by atoms with van der Waals surface area (Å²) in [6, 6.07) is 5.81. The Morgan fingerprint density at radius 2 is 1.97 bits per heavy atom. The second-order valence-corrected chi connectivity index (χ2v) is 15.1. The molecule has 172 valence electrons. The summed E-state index contributed by atoms with van der Waals surface area (Å²) in [7, 11) is 0.658. The van der Waals surface area contributed by atoms with Crippen LogP contribution in [0.3, 0.4) is 0 Å². The Labute approximate surface area is 193 Å². The molecule has 7 nitrogen and oxygen atoms in total. The van der Waals surface area contributed by atoms with Gasteiger partial charge in [0.2, 0.25) is 0 Å². The fourth-order valence-electron chi connectivity index (χ4n) is 3.76. The number of ether oxygens (including phenoxy) is 1. The second-order valence-electron chi connectivity index (χ2n) is 9.50. The number of carbonyl (C=O) groups is 1. The van der Waals surface area contributed by atoms with Gasteiger partial charge in [0.25, 0.3) is 0 Å². The number of aldehydes is 1. The number of nitrogens with zero attached hydrogens (tertiary/aromatic N) is 5. The number of hydrogen-bond donors (Lipinski definition) is 0. The van der Waals surface area contributed by atoms with Crippen LogP contribution in [0.25, 0.3) is 33.4 Å². The zero-order valence-electron chi connectivity index (χ0n) is 19.6. The maximum Gasteiger partial charge on any atom is 0.150 e. The van der Waals surface area contributed by atoms with Crippen LogP contribution in [0.5, 0.6) is 0 Å². The van der Waals surface area contributed by atoms with E-state index in [1.807, 2.05) is 19.3 Å². The van der Waals surface area contributed by atoms with E-state index >= 15 is 0 Å². The minimum Gasteiger partial charge on any atom is -0.360 e. The molecule has 33 heavy (non-hydrogen) atoms. The lowest BCUT2D eigenvalue weighted by atomic mass is 10.0. The predicted octanol–water partition coefficient (Wildman–Crippen LogP) is 5.07. The highest BCUT2D eigenvalue weighted by atomic mass is 28.3. The van der Waals surface area contributed by atoms with Crippen molar-refractivity contribution in [3.05, 3.63) is 53.7 Å². The lowest BCUT2D eigenvalue weighted by Gasteiger charge is -2.15. The van der Waals surface area contributed by atoms with Gasteiger partial charge >= 0.3 is 0 Å². The Morgan fingerprint density at radius 1 is 1.18 bits per heavy atom. The molecule has 1 aromatic carbocycles. The van der Waals surface area contributed by atoms with Crippen LogP contribution in [-0.2, 0) is 18.5 Å². The van der Waals surface area contributed by atoms with Crippen molar-refractivity contribution in [3.63, 3.8) is 0 Å². The molecule has 0 saturated carbocycles. The number of rotatable bonds is 8. The number of benzene rings is 1. The SMILES string of the molecule is Cc1cc(C=O)cc(F)c1-c1cc2c(-c3cnn(C)c3)nn(COCC[Si](C)(C)C)c2cn1. The number of aromatic nitrogens is 5. The van der Waals surface area contributed by atoms with Crippen molar-refractivity contribution in [3.8, 4) is 22.5 Å². The highest BCUT2D eigenvalue weighted by Gasteiger charge is 2.19. The van der Waals surface area contributed by atoms with E-state index in [2.05, 4.69) is 29.7 Å². The molecule has 0 saturated heterocycles. The Hall–Kier alpha value is -3.17. The molecule has 0 aliphatic heterocycles. The average Bonchev–Trinajstić information content (AvgIpc) is 3.33. The highest BCUT2D eigenvalue weighted by molar-refractivity contribution is 6.76. The standard InChI is InChI=1S/C24H28FN5O2Si/c1-16-8-17(14-31)9-20(25)23(16)21-10-19-22(12-26-21)30(15-32-6-7-33(3,4)5)28-24(19)18-11-27-29(2)13-18/h8-14H,6-7,15H2,1-5H3. The van der Waals surface area contributed by atoms with E-state index in [4.69, 9.17) is 9.84 Å². The summed E-state index contributed by atoms with van der Waals surface area (Å²) in [5, 5.41) is 9.89. The van der Waals surface area contributed by atoms with Crippen LogP contribution in [0, 0.1) is 12.7 Å². The first-order valence-corrected chi connectivity index (χ1v) is 14.6. The molecule has 4 rings (SSSR count). The first-order valence-electron chi connectivity index (χ1n) is 10.9. The van der Waals surface area contributed by atoms with Gasteiger partial charge in [-0.05, 0) is 36.7 Å². The Kier molecular flexibility index (Phi) is 6.27. The molecule has 4 aromatic rings. The predicted molar refractivity (Wildman–Crippen MR) is 129 cm³/mol. The fraction of sp³-hybridized carbons (Fsp3) is 0.333. The van der Waals surface area contributed by atoms with Crippen molar-refractivity contribution in [2.45, 2.75) is 39.3 Å². The quantitative estimate of drug-likeness (QED) is 0.206. The normalized spacial score (nSPS) is 11.9. The molecular formula is C24H28FN5O2Si. The molecule has 0 aliphatic rings. The summed E-state index contributed by atoms with van der Waals surface area (Å²) >= 11 is 0. The number of pyridine rings is 1. The van der Waals surface area contributed by atoms with Crippen molar-refractivity contribution in [2.75, 3.05) is 6.61 Å². The van der Waals surface area contributed by atoms with Gasteiger partial charge in [-0.1, -0.05) is 19.6 Å². The topological polar surface area (TPSA) is 74.8 Å². The van der Waals surface area contributed by atoms with Gasteiger partial charge in [0.05, 0.1) is 23.6 Å². The van der Waals surface area contributed by atoms with Crippen LogP contribution in [0.2, 0.25) is 25.7 Å². The van der Waals surface area contributed by atoms with Gasteiger partial charge in [-0.3, -0.25) is 14.5 Å². The first kappa shape index (κ1) is 23.0. The monoisotopic (exact) mass is 465 g/mol. The lowest BCUT2D eigenvalue weighted by Crippen LogP contribution is -2.22. The lowest BCUT2D eigenvalue weighted by molar-refractivity contribution is 0.0818. The molecule has 9 heteroatoms. The van der Waals surface area contributed by atoms with Crippen LogP contribution in [-0.4, -0.2) is 45.5 Å². The van der Waals surface area contributed by atoms with E-state index < -0.39 is 13.9 Å². The van der Waals surface area contributed by atoms with Gasteiger partial charge < -0.3 is 4.74 Å². The highest BCUT2D eigenvalue weighted by Crippen LogP contribution is 2.33. The Balaban J connectivity index is 1.77. The fourth-order valence-corrected chi connectivity index (χ4v) is 4.51. The third-order valence-corrected chi connectivity index (χ3v) is 7.23. The molecule has 0 bridgehead atoms. The molecule has 0 N–H and O–H groups in total. The molecule has 0 aliphatic carbocycles. The van der Waals surface area contributed by atoms with Gasteiger partial charge in [0.1, 0.15) is 24.5 Å². The van der Waals surface area contributed by atoms with Gasteiger partial charge in [-0.25, -0.2) is 9.07 Å². The molecule has 0 unspecified atom stereocenters. The van der Waals surface area contributed by atoms with E-state index in [0.717, 1.165) is 28.2 Å². The minimum absolute atomic E-state index is 0.300. The smallest absolute Gasteiger partial charge is 0.150 e. The number of aryl methyl sites for hydroxylation is 2. The third-order valence-electron chi connectivity index (χ3n) is 5.53. The molecule has 0 spiro atoms. The van der Waals surface area contributed by atoms with Crippen molar-refractivity contribution in [1.29, 1.82) is 0 Å². The largest absolute Gasteiger partial charge is 0.360 e. The van der Waals surface area contributed by atoms with Crippen molar-refractivity contribution >= 4 is 25.3 Å². The average molecular weight is 466 g/mol. The Bertz CT molecular complexity index is 1300. The van der Waals surface area contributed by atoms with Gasteiger partial charge in [0.15, 0.2) is 0 Å². The summed E-state index contributed by atoms with van der Waals surface area (Å²) in [5.41, 5.74) is 4.20. The van der Waals surface area contributed by atoms with Crippen molar-refractivity contribution < 1.29 is 13.9 Å². The Morgan fingerprint density at radius 3 is 2.61 bits per heavy atom. The van der Waals surface area contributed by atoms with Crippen molar-refractivity contribution in [2.24, 2.45) is 7.05 Å². The molecular weight excluding hydrogens is 437 g/mol. The summed E-state index contributed by atoms with van der Waals surface area (Å²) in [4.78, 5) is 15.6. The molecule has 0 atom stereocenters. The third kappa shape index (κ3) is 4.94. The van der Waals surface area contributed by atoms with E-state index in [1.54, 1.807) is 34.7 Å². The maximum absolute atomic E-state index is 14.9. The molecule has 0 fully saturated rings. The van der Waals surface area contributed by atoms with Crippen LogP contribution < -0.4 is 0 Å². The van der Waals surface area contributed by atoms with E-state index in [-0.39, 0.29) is 0 Å².